The first-order valence-corrected chi connectivity index (χ1v) is 6.76. The molecule has 0 amide bonds. The number of hydrogen-bond acceptors (Lipinski definition) is 2. The smallest absolute Gasteiger partial charge is 0.199 e. The lowest BCUT2D eigenvalue weighted by atomic mass is 10.0. The standard InChI is InChI=1S/C15H16ClNO/c16-15-13(10-17-11-6-2-1-3-7-11)12-8-4-5-9-14(12)18-15/h1-2,4-5,8-9,11,17H,3,6-7,10H2. The predicted molar refractivity (Wildman–Crippen MR) is 74.8 cm³/mol. The largest absolute Gasteiger partial charge is 0.444 e. The van der Waals surface area contributed by atoms with E-state index in [0.29, 0.717) is 11.3 Å². The van der Waals surface area contributed by atoms with Crippen molar-refractivity contribution in [3.8, 4) is 0 Å². The van der Waals surface area contributed by atoms with Crippen molar-refractivity contribution in [3.63, 3.8) is 0 Å². The lowest BCUT2D eigenvalue weighted by Crippen LogP contribution is -2.29. The van der Waals surface area contributed by atoms with E-state index in [-0.39, 0.29) is 0 Å². The minimum Gasteiger partial charge on any atom is -0.444 e. The molecule has 18 heavy (non-hydrogen) atoms. The van der Waals surface area contributed by atoms with Crippen LogP contribution in [0.4, 0.5) is 0 Å². The van der Waals surface area contributed by atoms with Gasteiger partial charge in [0.1, 0.15) is 5.58 Å². The van der Waals surface area contributed by atoms with Crippen LogP contribution in [0.25, 0.3) is 11.0 Å². The first-order chi connectivity index (χ1) is 8.84. The van der Waals surface area contributed by atoms with Crippen LogP contribution in [0.5, 0.6) is 0 Å². The molecule has 0 aliphatic heterocycles. The van der Waals surface area contributed by atoms with Crippen LogP contribution >= 0.6 is 11.6 Å². The van der Waals surface area contributed by atoms with Crippen molar-refractivity contribution >= 4 is 22.6 Å². The average Bonchev–Trinajstić information content (AvgIpc) is 2.73. The second-order valence-electron chi connectivity index (χ2n) is 4.71. The van der Waals surface area contributed by atoms with Gasteiger partial charge in [0, 0.05) is 23.5 Å². The van der Waals surface area contributed by atoms with Gasteiger partial charge in [-0.25, -0.2) is 0 Å². The number of hydrogen-bond donors (Lipinski definition) is 1. The van der Waals surface area contributed by atoms with Crippen LogP contribution < -0.4 is 5.32 Å². The highest BCUT2D eigenvalue weighted by atomic mass is 35.5. The molecule has 0 radical (unpaired) electrons. The van der Waals surface area contributed by atoms with E-state index in [2.05, 4.69) is 23.5 Å². The van der Waals surface area contributed by atoms with E-state index in [0.717, 1.165) is 35.9 Å². The maximum absolute atomic E-state index is 6.16. The molecule has 0 fully saturated rings. The Balaban J connectivity index is 1.77. The van der Waals surface area contributed by atoms with Gasteiger partial charge < -0.3 is 9.73 Å². The summed E-state index contributed by atoms with van der Waals surface area (Å²) < 4.78 is 5.55. The summed E-state index contributed by atoms with van der Waals surface area (Å²) in [7, 11) is 0. The van der Waals surface area contributed by atoms with Crippen molar-refractivity contribution in [1.29, 1.82) is 0 Å². The van der Waals surface area contributed by atoms with Gasteiger partial charge in [-0.05, 0) is 36.9 Å². The molecule has 0 spiro atoms. The summed E-state index contributed by atoms with van der Waals surface area (Å²) in [4.78, 5) is 0. The van der Waals surface area contributed by atoms with Crippen molar-refractivity contribution in [2.75, 3.05) is 0 Å². The number of rotatable bonds is 3. The molecule has 1 N–H and O–H groups in total. The van der Waals surface area contributed by atoms with Gasteiger partial charge >= 0.3 is 0 Å². The predicted octanol–water partition coefficient (Wildman–Crippen LogP) is 4.28. The van der Waals surface area contributed by atoms with Crippen molar-refractivity contribution < 1.29 is 4.42 Å². The van der Waals surface area contributed by atoms with Crippen LogP contribution in [0.15, 0.2) is 40.8 Å². The molecule has 0 saturated heterocycles. The van der Waals surface area contributed by atoms with E-state index in [1.165, 1.54) is 6.42 Å². The van der Waals surface area contributed by atoms with Crippen molar-refractivity contribution in [1.82, 2.24) is 5.32 Å². The van der Waals surface area contributed by atoms with Crippen LogP contribution in [0.2, 0.25) is 5.22 Å². The van der Waals surface area contributed by atoms with E-state index < -0.39 is 0 Å². The topological polar surface area (TPSA) is 25.2 Å². The third-order valence-corrected chi connectivity index (χ3v) is 3.79. The van der Waals surface area contributed by atoms with E-state index in [1.54, 1.807) is 0 Å². The molecule has 1 aliphatic carbocycles. The molecular formula is C15H16ClNO. The van der Waals surface area contributed by atoms with Crippen LogP contribution in [0, 0.1) is 0 Å². The van der Waals surface area contributed by atoms with Gasteiger partial charge in [0.15, 0.2) is 5.22 Å². The van der Waals surface area contributed by atoms with E-state index >= 15 is 0 Å². The molecule has 1 heterocycles. The number of para-hydroxylation sites is 1. The number of allylic oxidation sites excluding steroid dienone is 1. The molecule has 1 atom stereocenters. The Morgan fingerprint density at radius 3 is 3.00 bits per heavy atom. The van der Waals surface area contributed by atoms with Crippen molar-refractivity contribution in [2.45, 2.75) is 31.8 Å². The Hall–Kier alpha value is -1.25. The van der Waals surface area contributed by atoms with Gasteiger partial charge in [-0.15, -0.1) is 0 Å². The Morgan fingerprint density at radius 1 is 1.28 bits per heavy atom. The maximum atomic E-state index is 6.16. The second-order valence-corrected chi connectivity index (χ2v) is 5.06. The lowest BCUT2D eigenvalue weighted by Gasteiger charge is -2.19. The number of nitrogens with one attached hydrogen (secondary N) is 1. The Morgan fingerprint density at radius 2 is 2.17 bits per heavy atom. The van der Waals surface area contributed by atoms with Gasteiger partial charge in [-0.1, -0.05) is 30.4 Å². The highest BCUT2D eigenvalue weighted by molar-refractivity contribution is 6.30. The number of fused-ring (bicyclic) bond motifs is 1. The first-order valence-electron chi connectivity index (χ1n) is 6.39. The minimum absolute atomic E-state index is 0.509. The third-order valence-electron chi connectivity index (χ3n) is 3.49. The summed E-state index contributed by atoms with van der Waals surface area (Å²) in [5.74, 6) is 0. The molecule has 1 aromatic carbocycles. The Labute approximate surface area is 112 Å². The van der Waals surface area contributed by atoms with Gasteiger partial charge in [-0.3, -0.25) is 0 Å². The number of benzene rings is 1. The molecule has 94 valence electrons. The molecule has 1 aromatic heterocycles. The summed E-state index contributed by atoms with van der Waals surface area (Å²) in [6, 6.07) is 8.54. The summed E-state index contributed by atoms with van der Waals surface area (Å²) in [6.45, 7) is 0.772. The zero-order valence-corrected chi connectivity index (χ0v) is 10.9. The fraction of sp³-hybridized carbons (Fsp3) is 0.333. The zero-order valence-electron chi connectivity index (χ0n) is 10.2. The molecule has 0 bridgehead atoms. The quantitative estimate of drug-likeness (QED) is 0.834. The molecule has 3 heteroatoms. The van der Waals surface area contributed by atoms with Crippen molar-refractivity contribution in [3.05, 3.63) is 47.2 Å². The monoisotopic (exact) mass is 261 g/mol. The van der Waals surface area contributed by atoms with E-state index in [1.807, 2.05) is 18.2 Å². The zero-order chi connectivity index (χ0) is 12.4. The molecule has 1 unspecified atom stereocenters. The van der Waals surface area contributed by atoms with Gasteiger partial charge in [0.25, 0.3) is 0 Å². The highest BCUT2D eigenvalue weighted by Crippen LogP contribution is 2.29. The minimum atomic E-state index is 0.509. The van der Waals surface area contributed by atoms with Crippen LogP contribution in [0.3, 0.4) is 0 Å². The molecule has 2 aromatic rings. The molecule has 3 rings (SSSR count). The third kappa shape index (κ3) is 2.31. The van der Waals surface area contributed by atoms with Gasteiger partial charge in [0.2, 0.25) is 0 Å². The second kappa shape index (κ2) is 5.17. The molecule has 2 nitrogen and oxygen atoms in total. The lowest BCUT2D eigenvalue weighted by molar-refractivity contribution is 0.473. The van der Waals surface area contributed by atoms with Gasteiger partial charge in [0.05, 0.1) is 0 Å². The average molecular weight is 262 g/mol. The normalized spacial score (nSPS) is 19.5. The summed E-state index contributed by atoms with van der Waals surface area (Å²) in [6.07, 6.45) is 7.96. The van der Waals surface area contributed by atoms with Crippen LogP contribution in [0.1, 0.15) is 24.8 Å². The fourth-order valence-electron chi connectivity index (χ4n) is 2.46. The SMILES string of the molecule is Clc1oc2ccccc2c1CNC1CC=CCC1. The summed E-state index contributed by atoms with van der Waals surface area (Å²) in [5, 5.41) is 5.18. The summed E-state index contributed by atoms with van der Waals surface area (Å²) >= 11 is 6.16. The Bertz CT molecular complexity index is 573. The Kier molecular flexibility index (Phi) is 3.39. The fourth-order valence-corrected chi connectivity index (χ4v) is 2.71. The van der Waals surface area contributed by atoms with Gasteiger partial charge in [-0.2, -0.15) is 0 Å². The molecule has 0 saturated carbocycles. The number of halogens is 1. The first kappa shape index (κ1) is 11.8. The molecular weight excluding hydrogens is 246 g/mol. The van der Waals surface area contributed by atoms with E-state index in [4.69, 9.17) is 16.0 Å². The summed E-state index contributed by atoms with van der Waals surface area (Å²) in [5.41, 5.74) is 1.93. The highest BCUT2D eigenvalue weighted by Gasteiger charge is 2.14. The number of furan rings is 1. The van der Waals surface area contributed by atoms with E-state index in [9.17, 15) is 0 Å². The molecule has 1 aliphatic rings. The van der Waals surface area contributed by atoms with Crippen LogP contribution in [-0.4, -0.2) is 6.04 Å². The van der Waals surface area contributed by atoms with Crippen LogP contribution in [-0.2, 0) is 6.54 Å². The van der Waals surface area contributed by atoms with Crippen molar-refractivity contribution in [2.24, 2.45) is 0 Å². The maximum Gasteiger partial charge on any atom is 0.199 e.